The Morgan fingerprint density at radius 2 is 1.87 bits per heavy atom. The first kappa shape index (κ1) is 21.2. The van der Waals surface area contributed by atoms with Gasteiger partial charge in [0, 0.05) is 39.8 Å². The molecular formula is C24H31N5O2. The molecule has 4 rings (SSSR count). The number of nitrogens with zero attached hydrogens (tertiary/aromatic N) is 4. The molecule has 1 fully saturated rings. The normalized spacial score (nSPS) is 15.1. The van der Waals surface area contributed by atoms with E-state index in [1.165, 1.54) is 0 Å². The number of benzene rings is 2. The molecule has 0 unspecified atom stereocenters. The minimum Gasteiger partial charge on any atom is -0.494 e. The topological polar surface area (TPSA) is 64.7 Å². The molecule has 1 aromatic heterocycles. The number of carbonyl (C=O) groups is 1. The third-order valence-corrected chi connectivity index (χ3v) is 5.70. The molecule has 31 heavy (non-hydrogen) atoms. The third kappa shape index (κ3) is 5.76. The van der Waals surface area contributed by atoms with E-state index in [2.05, 4.69) is 20.9 Å². The summed E-state index contributed by atoms with van der Waals surface area (Å²) in [5.74, 6) is 1.96. The van der Waals surface area contributed by atoms with E-state index in [-0.39, 0.29) is 5.91 Å². The predicted octanol–water partition coefficient (Wildman–Crippen LogP) is 3.00. The molecule has 0 saturated carbocycles. The average molecular weight is 422 g/mol. The number of aromatic amines is 1. The molecule has 1 aliphatic heterocycles. The van der Waals surface area contributed by atoms with Crippen molar-refractivity contribution in [2.24, 2.45) is 0 Å². The first-order chi connectivity index (χ1) is 15.2. The Bertz CT molecular complexity index is 941. The standard InChI is InChI=1S/C24H31N5O2/c1-27(13-8-18-31-20-9-3-2-4-10-20)23(30)19-28-14-7-15-29(17-16-28)24-25-21-11-5-6-12-22(21)26-24/h2-6,9-12H,7-8,13-19H2,1H3,(H,25,26). The van der Waals surface area contributed by atoms with Gasteiger partial charge in [-0.3, -0.25) is 9.69 Å². The maximum absolute atomic E-state index is 12.7. The van der Waals surface area contributed by atoms with Crippen molar-refractivity contribution in [3.05, 3.63) is 54.6 Å². The van der Waals surface area contributed by atoms with Crippen LogP contribution in [0.3, 0.4) is 0 Å². The van der Waals surface area contributed by atoms with Gasteiger partial charge >= 0.3 is 0 Å². The van der Waals surface area contributed by atoms with Crippen LogP contribution in [0.15, 0.2) is 54.6 Å². The highest BCUT2D eigenvalue weighted by Crippen LogP contribution is 2.18. The molecule has 0 bridgehead atoms. The highest BCUT2D eigenvalue weighted by molar-refractivity contribution is 5.78. The molecule has 7 heteroatoms. The number of hydrogen-bond acceptors (Lipinski definition) is 5. The Balaban J connectivity index is 1.20. The molecule has 164 valence electrons. The Morgan fingerprint density at radius 1 is 1.06 bits per heavy atom. The lowest BCUT2D eigenvalue weighted by atomic mass is 10.3. The fourth-order valence-corrected chi connectivity index (χ4v) is 3.88. The van der Waals surface area contributed by atoms with Gasteiger partial charge in [-0.05, 0) is 37.1 Å². The molecule has 3 aromatic rings. The highest BCUT2D eigenvalue weighted by atomic mass is 16.5. The van der Waals surface area contributed by atoms with Gasteiger partial charge in [-0.1, -0.05) is 30.3 Å². The molecule has 1 aliphatic rings. The van der Waals surface area contributed by atoms with Crippen LogP contribution in [-0.2, 0) is 4.79 Å². The van der Waals surface area contributed by atoms with Crippen LogP contribution in [0, 0.1) is 0 Å². The predicted molar refractivity (Wildman–Crippen MR) is 124 cm³/mol. The molecule has 0 spiro atoms. The number of rotatable bonds is 8. The minimum absolute atomic E-state index is 0.164. The molecule has 2 aromatic carbocycles. The van der Waals surface area contributed by atoms with E-state index in [1.54, 1.807) is 0 Å². The van der Waals surface area contributed by atoms with Crippen molar-refractivity contribution in [2.45, 2.75) is 12.8 Å². The largest absolute Gasteiger partial charge is 0.494 e. The first-order valence-electron chi connectivity index (χ1n) is 11.0. The summed E-state index contributed by atoms with van der Waals surface area (Å²) in [5.41, 5.74) is 2.05. The number of ether oxygens (including phenoxy) is 1. The van der Waals surface area contributed by atoms with E-state index < -0.39 is 0 Å². The molecule has 0 aliphatic carbocycles. The van der Waals surface area contributed by atoms with Gasteiger partial charge < -0.3 is 19.5 Å². The summed E-state index contributed by atoms with van der Waals surface area (Å²) in [4.78, 5) is 27.2. The monoisotopic (exact) mass is 421 g/mol. The highest BCUT2D eigenvalue weighted by Gasteiger charge is 2.20. The van der Waals surface area contributed by atoms with Crippen LogP contribution in [0.1, 0.15) is 12.8 Å². The van der Waals surface area contributed by atoms with Crippen LogP contribution in [0.5, 0.6) is 5.75 Å². The number of hydrogen-bond donors (Lipinski definition) is 1. The number of para-hydroxylation sites is 3. The molecule has 0 atom stereocenters. The molecule has 0 radical (unpaired) electrons. The van der Waals surface area contributed by atoms with E-state index in [1.807, 2.05) is 60.5 Å². The van der Waals surface area contributed by atoms with Crippen LogP contribution < -0.4 is 9.64 Å². The zero-order chi connectivity index (χ0) is 21.5. The van der Waals surface area contributed by atoms with Crippen LogP contribution in [0.2, 0.25) is 0 Å². The summed E-state index contributed by atoms with van der Waals surface area (Å²) >= 11 is 0. The Kier molecular flexibility index (Phi) is 7.04. The fraction of sp³-hybridized carbons (Fsp3) is 0.417. The summed E-state index contributed by atoms with van der Waals surface area (Å²) < 4.78 is 5.72. The maximum Gasteiger partial charge on any atom is 0.236 e. The van der Waals surface area contributed by atoms with Crippen molar-refractivity contribution in [3.8, 4) is 5.75 Å². The number of carbonyl (C=O) groups excluding carboxylic acids is 1. The van der Waals surface area contributed by atoms with Gasteiger partial charge in [-0.25, -0.2) is 4.98 Å². The summed E-state index contributed by atoms with van der Waals surface area (Å²) in [5, 5.41) is 0. The van der Waals surface area contributed by atoms with E-state index in [0.717, 1.165) is 61.8 Å². The first-order valence-corrected chi connectivity index (χ1v) is 11.0. The van der Waals surface area contributed by atoms with Gasteiger partial charge in [0.15, 0.2) is 0 Å². The lowest BCUT2D eigenvalue weighted by molar-refractivity contribution is -0.131. The number of fused-ring (bicyclic) bond motifs is 1. The van der Waals surface area contributed by atoms with Crippen LogP contribution in [0.25, 0.3) is 11.0 Å². The van der Waals surface area contributed by atoms with Crippen LogP contribution >= 0.6 is 0 Å². The lowest BCUT2D eigenvalue weighted by Crippen LogP contribution is -2.40. The van der Waals surface area contributed by atoms with Gasteiger partial charge in [-0.2, -0.15) is 0 Å². The number of H-pyrrole nitrogens is 1. The second-order valence-corrected chi connectivity index (χ2v) is 8.02. The molecule has 7 nitrogen and oxygen atoms in total. The molecule has 1 N–H and O–H groups in total. The van der Waals surface area contributed by atoms with E-state index in [4.69, 9.17) is 9.72 Å². The number of imidazole rings is 1. The van der Waals surface area contributed by atoms with Crippen LogP contribution in [-0.4, -0.2) is 78.6 Å². The summed E-state index contributed by atoms with van der Waals surface area (Å²) in [6.07, 6.45) is 1.83. The van der Waals surface area contributed by atoms with Crippen molar-refractivity contribution < 1.29 is 9.53 Å². The molecule has 1 amide bonds. The van der Waals surface area contributed by atoms with Crippen molar-refractivity contribution in [2.75, 3.05) is 57.8 Å². The number of aromatic nitrogens is 2. The molecular weight excluding hydrogens is 390 g/mol. The van der Waals surface area contributed by atoms with Gasteiger partial charge in [0.1, 0.15) is 5.75 Å². The second-order valence-electron chi connectivity index (χ2n) is 8.02. The van der Waals surface area contributed by atoms with E-state index >= 15 is 0 Å². The van der Waals surface area contributed by atoms with Gasteiger partial charge in [0.2, 0.25) is 11.9 Å². The maximum atomic E-state index is 12.7. The molecule has 2 heterocycles. The molecule has 1 saturated heterocycles. The van der Waals surface area contributed by atoms with Gasteiger partial charge in [-0.15, -0.1) is 0 Å². The SMILES string of the molecule is CN(CCCOc1ccccc1)C(=O)CN1CCCN(c2nc3ccccc3[nH]2)CC1. The van der Waals surface area contributed by atoms with Crippen molar-refractivity contribution in [1.29, 1.82) is 0 Å². The van der Waals surface area contributed by atoms with Crippen molar-refractivity contribution >= 4 is 22.9 Å². The zero-order valence-corrected chi connectivity index (χ0v) is 18.2. The fourth-order valence-electron chi connectivity index (χ4n) is 3.88. The number of nitrogens with one attached hydrogen (secondary N) is 1. The smallest absolute Gasteiger partial charge is 0.236 e. The summed E-state index contributed by atoms with van der Waals surface area (Å²) in [6.45, 7) is 5.35. The summed E-state index contributed by atoms with van der Waals surface area (Å²) in [6, 6.07) is 17.9. The van der Waals surface area contributed by atoms with Gasteiger partial charge in [0.05, 0.1) is 24.2 Å². The Morgan fingerprint density at radius 3 is 2.71 bits per heavy atom. The van der Waals surface area contributed by atoms with E-state index in [0.29, 0.717) is 19.7 Å². The second kappa shape index (κ2) is 10.3. The number of anilines is 1. The van der Waals surface area contributed by atoms with Gasteiger partial charge in [0.25, 0.3) is 0 Å². The Labute approximate surface area is 183 Å². The zero-order valence-electron chi connectivity index (χ0n) is 18.2. The summed E-state index contributed by atoms with van der Waals surface area (Å²) in [7, 11) is 1.88. The Hall–Kier alpha value is -3.06. The van der Waals surface area contributed by atoms with E-state index in [9.17, 15) is 4.79 Å². The average Bonchev–Trinajstić information content (AvgIpc) is 3.09. The number of likely N-dealkylation sites (N-methyl/N-ethyl adjacent to an activating group) is 1. The van der Waals surface area contributed by atoms with Crippen LogP contribution in [0.4, 0.5) is 5.95 Å². The lowest BCUT2D eigenvalue weighted by Gasteiger charge is -2.24. The number of amides is 1. The van der Waals surface area contributed by atoms with Crippen molar-refractivity contribution in [1.82, 2.24) is 19.8 Å². The quantitative estimate of drug-likeness (QED) is 0.567. The third-order valence-electron chi connectivity index (χ3n) is 5.70. The van der Waals surface area contributed by atoms with Crippen molar-refractivity contribution in [3.63, 3.8) is 0 Å². The minimum atomic E-state index is 0.164.